The molecular weight excluding hydrogens is 290 g/mol. The van der Waals surface area contributed by atoms with Gasteiger partial charge in [-0.15, -0.1) is 0 Å². The van der Waals surface area contributed by atoms with Crippen LogP contribution >= 0.6 is 0 Å². The number of benzene rings is 3. The van der Waals surface area contributed by atoms with Crippen molar-refractivity contribution >= 4 is 0 Å². The van der Waals surface area contributed by atoms with Crippen LogP contribution in [0.1, 0.15) is 36.9 Å². The molecule has 0 aliphatic heterocycles. The van der Waals surface area contributed by atoms with E-state index in [1.165, 1.54) is 28.7 Å². The minimum absolute atomic E-state index is 0.421. The lowest BCUT2D eigenvalue weighted by Gasteiger charge is -2.19. The van der Waals surface area contributed by atoms with E-state index < -0.39 is 0 Å². The van der Waals surface area contributed by atoms with Gasteiger partial charge in [0.2, 0.25) is 0 Å². The molecule has 0 aliphatic carbocycles. The molecular formula is C23H25N. The van der Waals surface area contributed by atoms with Gasteiger partial charge in [0.25, 0.3) is 0 Å². The summed E-state index contributed by atoms with van der Waals surface area (Å²) < 4.78 is 0. The zero-order chi connectivity index (χ0) is 16.6. The molecule has 0 amide bonds. The third-order valence-corrected chi connectivity index (χ3v) is 4.39. The Morgan fingerprint density at radius 2 is 1.29 bits per heavy atom. The molecule has 1 nitrogen and oxygen atoms in total. The Morgan fingerprint density at radius 1 is 0.708 bits per heavy atom. The fraction of sp³-hybridized carbons (Fsp3) is 0.217. The summed E-state index contributed by atoms with van der Waals surface area (Å²) in [5, 5.41) is 3.71. The monoisotopic (exact) mass is 315 g/mol. The maximum absolute atomic E-state index is 3.71. The van der Waals surface area contributed by atoms with E-state index in [1.54, 1.807) is 0 Å². The molecule has 1 unspecified atom stereocenters. The summed E-state index contributed by atoms with van der Waals surface area (Å²) in [5.74, 6) is 0. The third kappa shape index (κ3) is 4.33. The predicted molar refractivity (Wildman–Crippen MR) is 103 cm³/mol. The first kappa shape index (κ1) is 16.5. The van der Waals surface area contributed by atoms with Crippen LogP contribution in [0.2, 0.25) is 0 Å². The van der Waals surface area contributed by atoms with Crippen LogP contribution < -0.4 is 5.32 Å². The van der Waals surface area contributed by atoms with Crippen LogP contribution in [0.4, 0.5) is 0 Å². The average Bonchev–Trinajstić information content (AvgIpc) is 2.67. The normalized spacial score (nSPS) is 12.0. The van der Waals surface area contributed by atoms with Crippen molar-refractivity contribution in [3.63, 3.8) is 0 Å². The first-order valence-corrected chi connectivity index (χ1v) is 8.79. The van der Waals surface area contributed by atoms with Crippen molar-refractivity contribution in [1.29, 1.82) is 0 Å². The molecule has 1 N–H and O–H groups in total. The van der Waals surface area contributed by atoms with Crippen molar-refractivity contribution in [2.45, 2.75) is 32.4 Å². The number of hydrogen-bond donors (Lipinski definition) is 1. The average molecular weight is 315 g/mol. The highest BCUT2D eigenvalue weighted by atomic mass is 14.9. The predicted octanol–water partition coefficient (Wildman–Crippen LogP) is 5.98. The second-order valence-corrected chi connectivity index (χ2v) is 6.20. The third-order valence-electron chi connectivity index (χ3n) is 4.39. The highest BCUT2D eigenvalue weighted by Gasteiger charge is 2.09. The van der Waals surface area contributed by atoms with Gasteiger partial charge in [-0.2, -0.15) is 0 Å². The highest BCUT2D eigenvalue weighted by molar-refractivity contribution is 5.63. The summed E-state index contributed by atoms with van der Waals surface area (Å²) in [7, 11) is 0. The second kappa shape index (κ2) is 8.47. The first-order valence-electron chi connectivity index (χ1n) is 8.79. The lowest BCUT2D eigenvalue weighted by molar-refractivity contribution is 0.493. The van der Waals surface area contributed by atoms with Gasteiger partial charge in [-0.1, -0.05) is 98.3 Å². The molecule has 3 rings (SSSR count). The molecule has 3 aromatic rings. The maximum Gasteiger partial charge on any atom is 0.0323 e. The molecule has 0 bridgehead atoms. The summed E-state index contributed by atoms with van der Waals surface area (Å²) >= 11 is 0. The molecule has 0 saturated carbocycles. The number of hydrogen-bond acceptors (Lipinski definition) is 1. The van der Waals surface area contributed by atoms with Gasteiger partial charge in [-0.3, -0.25) is 0 Å². The van der Waals surface area contributed by atoms with Gasteiger partial charge in [0, 0.05) is 12.6 Å². The zero-order valence-corrected chi connectivity index (χ0v) is 14.3. The smallest absolute Gasteiger partial charge is 0.0323 e. The molecule has 0 radical (unpaired) electrons. The molecule has 3 aromatic carbocycles. The second-order valence-electron chi connectivity index (χ2n) is 6.20. The molecule has 0 heterocycles. The minimum Gasteiger partial charge on any atom is -0.306 e. The molecule has 1 heteroatoms. The van der Waals surface area contributed by atoms with Crippen molar-refractivity contribution < 1.29 is 0 Å². The standard InChI is InChI=1S/C23H25N/c1-2-9-23(22-12-7-4-8-13-22)24-18-19-14-16-21(17-15-19)20-10-5-3-6-11-20/h3-8,10-17,23-24H,2,9,18H2,1H3. The number of nitrogens with one attached hydrogen (secondary N) is 1. The fourth-order valence-corrected chi connectivity index (χ4v) is 3.05. The van der Waals surface area contributed by atoms with E-state index in [-0.39, 0.29) is 0 Å². The SMILES string of the molecule is CCCC(NCc1ccc(-c2ccccc2)cc1)c1ccccc1. The van der Waals surface area contributed by atoms with E-state index in [9.17, 15) is 0 Å². The van der Waals surface area contributed by atoms with E-state index in [4.69, 9.17) is 0 Å². The summed E-state index contributed by atoms with van der Waals surface area (Å²) in [6.07, 6.45) is 2.34. The summed E-state index contributed by atoms with van der Waals surface area (Å²) in [5.41, 5.74) is 5.24. The van der Waals surface area contributed by atoms with E-state index in [1.807, 2.05) is 0 Å². The molecule has 0 aliphatic rings. The molecule has 0 spiro atoms. The van der Waals surface area contributed by atoms with Crippen molar-refractivity contribution in [3.8, 4) is 11.1 Å². The molecule has 24 heavy (non-hydrogen) atoms. The quantitative estimate of drug-likeness (QED) is 0.565. The number of rotatable bonds is 7. The molecule has 0 saturated heterocycles. The van der Waals surface area contributed by atoms with Crippen LogP contribution in [0.25, 0.3) is 11.1 Å². The van der Waals surface area contributed by atoms with Gasteiger partial charge in [0.15, 0.2) is 0 Å². The van der Waals surface area contributed by atoms with E-state index in [0.29, 0.717) is 6.04 Å². The van der Waals surface area contributed by atoms with Gasteiger partial charge in [0.1, 0.15) is 0 Å². The Kier molecular flexibility index (Phi) is 5.81. The Labute approximate surface area is 145 Å². The Bertz CT molecular complexity index is 717. The topological polar surface area (TPSA) is 12.0 Å². The fourth-order valence-electron chi connectivity index (χ4n) is 3.05. The lowest BCUT2D eigenvalue weighted by atomic mass is 10.0. The molecule has 0 aromatic heterocycles. The summed E-state index contributed by atoms with van der Waals surface area (Å²) in [6, 6.07) is 30.6. The van der Waals surface area contributed by atoms with Crippen LogP contribution in [0, 0.1) is 0 Å². The van der Waals surface area contributed by atoms with Crippen LogP contribution in [0.3, 0.4) is 0 Å². The molecule has 1 atom stereocenters. The van der Waals surface area contributed by atoms with Crippen LogP contribution in [-0.4, -0.2) is 0 Å². The Balaban J connectivity index is 1.65. The van der Waals surface area contributed by atoms with Gasteiger partial charge in [-0.05, 0) is 28.7 Å². The van der Waals surface area contributed by atoms with Crippen molar-refractivity contribution in [2.24, 2.45) is 0 Å². The van der Waals surface area contributed by atoms with Gasteiger partial charge < -0.3 is 5.32 Å². The van der Waals surface area contributed by atoms with Crippen LogP contribution in [0.15, 0.2) is 84.9 Å². The van der Waals surface area contributed by atoms with Crippen LogP contribution in [-0.2, 0) is 6.54 Å². The van der Waals surface area contributed by atoms with Crippen molar-refractivity contribution in [1.82, 2.24) is 5.32 Å². The Morgan fingerprint density at radius 3 is 1.92 bits per heavy atom. The van der Waals surface area contributed by atoms with Crippen LogP contribution in [0.5, 0.6) is 0 Å². The van der Waals surface area contributed by atoms with Crippen molar-refractivity contribution in [2.75, 3.05) is 0 Å². The van der Waals surface area contributed by atoms with E-state index in [2.05, 4.69) is 97.2 Å². The highest BCUT2D eigenvalue weighted by Crippen LogP contribution is 2.21. The summed E-state index contributed by atoms with van der Waals surface area (Å²) in [4.78, 5) is 0. The minimum atomic E-state index is 0.421. The zero-order valence-electron chi connectivity index (χ0n) is 14.3. The molecule has 122 valence electrons. The lowest BCUT2D eigenvalue weighted by Crippen LogP contribution is -2.20. The summed E-state index contributed by atoms with van der Waals surface area (Å²) in [6.45, 7) is 3.14. The van der Waals surface area contributed by atoms with Crippen molar-refractivity contribution in [3.05, 3.63) is 96.1 Å². The van der Waals surface area contributed by atoms with E-state index >= 15 is 0 Å². The van der Waals surface area contributed by atoms with Gasteiger partial charge in [0.05, 0.1) is 0 Å². The van der Waals surface area contributed by atoms with Gasteiger partial charge in [-0.25, -0.2) is 0 Å². The largest absolute Gasteiger partial charge is 0.306 e. The molecule has 0 fully saturated rings. The Hall–Kier alpha value is -2.38. The van der Waals surface area contributed by atoms with Gasteiger partial charge >= 0.3 is 0 Å². The maximum atomic E-state index is 3.71. The first-order chi connectivity index (χ1) is 11.9. The van der Waals surface area contributed by atoms with E-state index in [0.717, 1.165) is 13.0 Å².